The number of aliphatic carboxylic acids is 1. The highest BCUT2D eigenvalue weighted by atomic mass is 32.2. The van der Waals surface area contributed by atoms with Crippen LogP contribution in [-0.2, 0) is 21.0 Å². The molecule has 30 heavy (non-hydrogen) atoms. The zero-order valence-corrected chi connectivity index (χ0v) is 17.3. The second-order valence-corrected chi connectivity index (χ2v) is 9.02. The monoisotopic (exact) mass is 445 g/mol. The molecule has 2 atom stereocenters. The van der Waals surface area contributed by atoms with Crippen LogP contribution in [0.4, 0.5) is 13.2 Å². The van der Waals surface area contributed by atoms with Gasteiger partial charge in [0.25, 0.3) is 0 Å². The summed E-state index contributed by atoms with van der Waals surface area (Å²) in [5, 5.41) is 9.60. The molecule has 1 aromatic carbocycles. The quantitative estimate of drug-likeness (QED) is 0.415. The lowest BCUT2D eigenvalue weighted by molar-refractivity contribution is -0.138. The zero-order chi connectivity index (χ0) is 22.2. The van der Waals surface area contributed by atoms with Gasteiger partial charge >= 0.3 is 12.1 Å². The first-order valence-corrected chi connectivity index (χ1v) is 11.4. The van der Waals surface area contributed by atoms with E-state index < -0.39 is 27.7 Å². The summed E-state index contributed by atoms with van der Waals surface area (Å²) in [6.45, 7) is 0. The minimum Gasteiger partial charge on any atom is -0.481 e. The number of allylic oxidation sites excluding steroid dienone is 2. The first kappa shape index (κ1) is 24.1. The lowest BCUT2D eigenvalue weighted by Crippen LogP contribution is -2.37. The van der Waals surface area contributed by atoms with Crippen molar-refractivity contribution in [1.82, 2.24) is 4.72 Å². The molecule has 1 aliphatic carbocycles. The fourth-order valence-corrected chi connectivity index (χ4v) is 4.49. The number of carboxylic acids is 1. The van der Waals surface area contributed by atoms with E-state index in [0.29, 0.717) is 24.8 Å². The second kappa shape index (κ2) is 10.8. The van der Waals surface area contributed by atoms with Gasteiger partial charge in [-0.25, -0.2) is 13.1 Å². The maximum atomic E-state index is 12.6. The number of hydrogen-bond donors (Lipinski definition) is 2. The Morgan fingerprint density at radius 1 is 1.20 bits per heavy atom. The zero-order valence-electron chi connectivity index (χ0n) is 16.4. The van der Waals surface area contributed by atoms with Crippen molar-refractivity contribution < 1.29 is 31.5 Å². The van der Waals surface area contributed by atoms with Crippen molar-refractivity contribution in [2.24, 2.45) is 5.92 Å². The first-order valence-electron chi connectivity index (χ1n) is 9.81. The van der Waals surface area contributed by atoms with Gasteiger partial charge in [0.1, 0.15) is 0 Å². The molecule has 0 aromatic heterocycles. The number of nitrogens with one attached hydrogen (secondary N) is 1. The molecule has 166 valence electrons. The fraction of sp³-hybridized carbons (Fsp3) is 0.476. The molecule has 2 rings (SSSR count). The first-order chi connectivity index (χ1) is 14.0. The Bertz CT molecular complexity index is 861. The molecule has 0 heterocycles. The van der Waals surface area contributed by atoms with Crippen LogP contribution in [0.3, 0.4) is 0 Å². The standard InChI is InChI=1S/C21H26F3NO4S/c22-21(23,24)18-11-9-16(10-12-18)13-14-30(28,29)25-19-7-4-6-17(15-19)5-2-1-3-8-20(26)27/h2,5,9-14,17,19,25H,1,3-4,6-8,15H2,(H,26,27). The summed E-state index contributed by atoms with van der Waals surface area (Å²) in [7, 11) is -3.72. The molecular formula is C21H26F3NO4S. The smallest absolute Gasteiger partial charge is 0.416 e. The van der Waals surface area contributed by atoms with E-state index in [4.69, 9.17) is 5.11 Å². The Hall–Kier alpha value is -2.13. The maximum Gasteiger partial charge on any atom is 0.416 e. The Labute approximate surface area is 174 Å². The normalized spacial score (nSPS) is 20.8. The van der Waals surface area contributed by atoms with E-state index in [0.717, 1.165) is 36.8 Å². The highest BCUT2D eigenvalue weighted by Gasteiger charge is 2.29. The topological polar surface area (TPSA) is 83.5 Å². The number of halogens is 3. The third kappa shape index (κ3) is 8.71. The molecule has 2 unspecified atom stereocenters. The SMILES string of the molecule is O=C(O)CCCC=CC1CCCC(NS(=O)(=O)C=Cc2ccc(C(F)(F)F)cc2)C1. The molecule has 1 saturated carbocycles. The number of hydrogen-bond acceptors (Lipinski definition) is 3. The Morgan fingerprint density at radius 2 is 1.90 bits per heavy atom. The van der Waals surface area contributed by atoms with Crippen LogP contribution in [0.1, 0.15) is 56.1 Å². The molecule has 9 heteroatoms. The minimum absolute atomic E-state index is 0.128. The molecule has 0 spiro atoms. The van der Waals surface area contributed by atoms with Gasteiger partial charge in [0, 0.05) is 17.9 Å². The van der Waals surface area contributed by atoms with Gasteiger partial charge in [-0.15, -0.1) is 0 Å². The van der Waals surface area contributed by atoms with E-state index in [1.165, 1.54) is 18.2 Å². The van der Waals surface area contributed by atoms with E-state index >= 15 is 0 Å². The third-order valence-electron chi connectivity index (χ3n) is 4.89. The molecule has 2 N–H and O–H groups in total. The lowest BCUT2D eigenvalue weighted by Gasteiger charge is -2.27. The maximum absolute atomic E-state index is 12.6. The summed E-state index contributed by atoms with van der Waals surface area (Å²) in [6, 6.07) is 4.05. The summed E-state index contributed by atoms with van der Waals surface area (Å²) < 4.78 is 65.0. The second-order valence-electron chi connectivity index (χ2n) is 7.42. The van der Waals surface area contributed by atoms with Gasteiger partial charge in [0.15, 0.2) is 0 Å². The van der Waals surface area contributed by atoms with Crippen LogP contribution in [0, 0.1) is 5.92 Å². The molecule has 1 aromatic rings. The third-order valence-corrected chi connectivity index (χ3v) is 6.05. The lowest BCUT2D eigenvalue weighted by atomic mass is 9.86. The van der Waals surface area contributed by atoms with Crippen LogP contribution in [0.2, 0.25) is 0 Å². The highest BCUT2D eigenvalue weighted by molar-refractivity contribution is 7.92. The minimum atomic E-state index is -4.43. The number of alkyl halides is 3. The van der Waals surface area contributed by atoms with Crippen LogP contribution >= 0.6 is 0 Å². The Kier molecular flexibility index (Phi) is 8.66. The Morgan fingerprint density at radius 3 is 2.53 bits per heavy atom. The van der Waals surface area contributed by atoms with Crippen LogP contribution in [0.25, 0.3) is 6.08 Å². The van der Waals surface area contributed by atoms with Crippen molar-refractivity contribution in [2.45, 2.75) is 57.2 Å². The van der Waals surface area contributed by atoms with Crippen LogP contribution in [-0.4, -0.2) is 25.5 Å². The van der Waals surface area contributed by atoms with Crippen molar-refractivity contribution in [3.63, 3.8) is 0 Å². The van der Waals surface area contributed by atoms with Crippen molar-refractivity contribution in [1.29, 1.82) is 0 Å². The molecule has 0 bridgehead atoms. The average Bonchev–Trinajstić information content (AvgIpc) is 2.65. The van der Waals surface area contributed by atoms with Gasteiger partial charge in [-0.05, 0) is 61.8 Å². The van der Waals surface area contributed by atoms with Gasteiger partial charge in [0.2, 0.25) is 10.0 Å². The number of benzene rings is 1. The van der Waals surface area contributed by atoms with Crippen molar-refractivity contribution in [2.75, 3.05) is 0 Å². The summed E-state index contributed by atoms with van der Waals surface area (Å²) in [5.74, 6) is -0.588. The summed E-state index contributed by atoms with van der Waals surface area (Å²) in [4.78, 5) is 10.5. The highest BCUT2D eigenvalue weighted by Crippen LogP contribution is 2.29. The summed E-state index contributed by atoms with van der Waals surface area (Å²) in [5.41, 5.74) is -0.427. The van der Waals surface area contributed by atoms with Crippen molar-refractivity contribution in [3.05, 3.63) is 53.0 Å². The van der Waals surface area contributed by atoms with E-state index in [9.17, 15) is 26.4 Å². The number of carbonyl (C=O) groups is 1. The fourth-order valence-electron chi connectivity index (χ4n) is 3.39. The molecule has 0 amide bonds. The number of carboxylic acid groups (broad SMARTS) is 1. The van der Waals surface area contributed by atoms with Gasteiger partial charge in [-0.2, -0.15) is 13.2 Å². The summed E-state index contributed by atoms with van der Waals surface area (Å²) >= 11 is 0. The molecule has 0 aliphatic heterocycles. The number of rotatable bonds is 9. The van der Waals surface area contributed by atoms with Crippen molar-refractivity contribution >= 4 is 22.1 Å². The van der Waals surface area contributed by atoms with E-state index in [2.05, 4.69) is 4.72 Å². The van der Waals surface area contributed by atoms with Crippen LogP contribution in [0.5, 0.6) is 0 Å². The van der Waals surface area contributed by atoms with E-state index in [1.54, 1.807) is 0 Å². The molecular weight excluding hydrogens is 419 g/mol. The van der Waals surface area contributed by atoms with E-state index in [1.807, 2.05) is 12.2 Å². The van der Waals surface area contributed by atoms with Gasteiger partial charge in [0.05, 0.1) is 5.56 Å². The van der Waals surface area contributed by atoms with E-state index in [-0.39, 0.29) is 18.4 Å². The molecule has 1 fully saturated rings. The largest absolute Gasteiger partial charge is 0.481 e. The molecule has 1 aliphatic rings. The van der Waals surface area contributed by atoms with Crippen LogP contribution < -0.4 is 4.72 Å². The number of sulfonamides is 1. The average molecular weight is 446 g/mol. The Balaban J connectivity index is 1.87. The molecule has 0 saturated heterocycles. The summed E-state index contributed by atoms with van der Waals surface area (Å²) in [6.07, 6.45) is 5.40. The van der Waals surface area contributed by atoms with Gasteiger partial charge in [-0.3, -0.25) is 4.79 Å². The predicted molar refractivity (Wildman–Crippen MR) is 109 cm³/mol. The molecule has 0 radical (unpaired) electrons. The van der Waals surface area contributed by atoms with Crippen LogP contribution in [0.15, 0.2) is 41.8 Å². The van der Waals surface area contributed by atoms with Crippen molar-refractivity contribution in [3.8, 4) is 0 Å². The van der Waals surface area contributed by atoms with Gasteiger partial charge < -0.3 is 5.11 Å². The molecule has 5 nitrogen and oxygen atoms in total. The predicted octanol–water partition coefficient (Wildman–Crippen LogP) is 4.97. The number of unbranched alkanes of at least 4 members (excludes halogenated alkanes) is 1. The van der Waals surface area contributed by atoms with Gasteiger partial charge in [-0.1, -0.05) is 30.7 Å².